The van der Waals surface area contributed by atoms with E-state index in [1.807, 2.05) is 0 Å². The van der Waals surface area contributed by atoms with E-state index >= 15 is 0 Å². The van der Waals surface area contributed by atoms with Gasteiger partial charge in [-0.3, -0.25) is 0 Å². The summed E-state index contributed by atoms with van der Waals surface area (Å²) in [6, 6.07) is 0. The highest BCUT2D eigenvalue weighted by Gasteiger charge is 2.68. The van der Waals surface area contributed by atoms with Crippen molar-refractivity contribution < 1.29 is 5.11 Å². The number of hydrogen-bond acceptors (Lipinski definition) is 1. The van der Waals surface area contributed by atoms with Crippen LogP contribution in [0.2, 0.25) is 0 Å². The van der Waals surface area contributed by atoms with Crippen molar-refractivity contribution in [2.75, 3.05) is 0 Å². The molecule has 0 aromatic carbocycles. The molecule has 4 rings (SSSR count). The van der Waals surface area contributed by atoms with Crippen LogP contribution in [0.25, 0.3) is 0 Å². The molecule has 1 nitrogen and oxygen atoms in total. The van der Waals surface area contributed by atoms with E-state index in [1.54, 1.807) is 0 Å². The van der Waals surface area contributed by atoms with Crippen LogP contribution in [0.4, 0.5) is 0 Å². The van der Waals surface area contributed by atoms with Crippen LogP contribution >= 0.6 is 0 Å². The first-order chi connectivity index (χ1) is 9.71. The van der Waals surface area contributed by atoms with E-state index in [-0.39, 0.29) is 5.60 Å². The molecule has 21 heavy (non-hydrogen) atoms. The third-order valence-electron chi connectivity index (χ3n) is 9.09. The van der Waals surface area contributed by atoms with E-state index in [9.17, 15) is 5.11 Å². The van der Waals surface area contributed by atoms with Crippen LogP contribution in [-0.2, 0) is 0 Å². The maximum atomic E-state index is 10.8. The SMILES string of the molecule is CC1(C)CCC[C@@]2(C)[C@H]1CC[C@H]1C[C@H]3C[C@@]12CC[C@@]3(C)O. The first kappa shape index (κ1) is 14.5. The Morgan fingerprint density at radius 2 is 1.62 bits per heavy atom. The van der Waals surface area contributed by atoms with Crippen LogP contribution < -0.4 is 0 Å². The topological polar surface area (TPSA) is 20.2 Å². The fraction of sp³-hybridized carbons (Fsp3) is 1.00. The summed E-state index contributed by atoms with van der Waals surface area (Å²) in [6.07, 6.45) is 12.2. The Bertz CT molecular complexity index is 451. The average Bonchev–Trinajstić information content (AvgIpc) is 2.72. The molecule has 6 atom stereocenters. The molecular formula is C20H34O. The second kappa shape index (κ2) is 4.08. The van der Waals surface area contributed by atoms with Gasteiger partial charge in [0.1, 0.15) is 0 Å². The highest BCUT2D eigenvalue weighted by molar-refractivity contribution is 5.17. The Hall–Kier alpha value is -0.0400. The maximum absolute atomic E-state index is 10.8. The van der Waals surface area contributed by atoms with E-state index in [2.05, 4.69) is 27.7 Å². The minimum Gasteiger partial charge on any atom is -0.390 e. The van der Waals surface area contributed by atoms with E-state index < -0.39 is 0 Å². The quantitative estimate of drug-likeness (QED) is 0.652. The Morgan fingerprint density at radius 3 is 2.38 bits per heavy atom. The first-order valence-electron chi connectivity index (χ1n) is 9.44. The largest absolute Gasteiger partial charge is 0.390 e. The van der Waals surface area contributed by atoms with Gasteiger partial charge in [-0.05, 0) is 92.3 Å². The Balaban J connectivity index is 1.77. The van der Waals surface area contributed by atoms with E-state index in [0.717, 1.165) is 18.3 Å². The van der Waals surface area contributed by atoms with Crippen molar-refractivity contribution in [3.05, 3.63) is 0 Å². The lowest BCUT2D eigenvalue weighted by Crippen LogP contribution is -2.58. The lowest BCUT2D eigenvalue weighted by molar-refractivity contribution is -0.171. The van der Waals surface area contributed by atoms with Gasteiger partial charge in [-0.1, -0.05) is 27.2 Å². The van der Waals surface area contributed by atoms with Gasteiger partial charge in [0.25, 0.3) is 0 Å². The molecule has 4 aliphatic rings. The Labute approximate surface area is 130 Å². The van der Waals surface area contributed by atoms with Gasteiger partial charge < -0.3 is 5.11 Å². The molecule has 0 unspecified atom stereocenters. The molecule has 1 spiro atoms. The molecule has 1 heteroatoms. The molecule has 4 aliphatic carbocycles. The van der Waals surface area contributed by atoms with Crippen molar-refractivity contribution >= 4 is 0 Å². The average molecular weight is 290 g/mol. The third-order valence-corrected chi connectivity index (χ3v) is 9.09. The summed E-state index contributed by atoms with van der Waals surface area (Å²) in [7, 11) is 0. The van der Waals surface area contributed by atoms with Crippen molar-refractivity contribution in [2.45, 2.75) is 91.1 Å². The molecule has 4 fully saturated rings. The Kier molecular flexibility index (Phi) is 2.82. The van der Waals surface area contributed by atoms with Gasteiger partial charge in [-0.25, -0.2) is 0 Å². The van der Waals surface area contributed by atoms with Crippen LogP contribution in [0.3, 0.4) is 0 Å². The summed E-state index contributed by atoms with van der Waals surface area (Å²) in [5.74, 6) is 2.40. The van der Waals surface area contributed by atoms with Gasteiger partial charge in [0, 0.05) is 0 Å². The maximum Gasteiger partial charge on any atom is 0.0648 e. The summed E-state index contributed by atoms with van der Waals surface area (Å²) in [5.41, 5.74) is 1.27. The van der Waals surface area contributed by atoms with Gasteiger partial charge in [0.2, 0.25) is 0 Å². The zero-order chi connectivity index (χ0) is 15.1. The van der Waals surface area contributed by atoms with Gasteiger partial charge in [-0.15, -0.1) is 0 Å². The molecule has 0 heterocycles. The summed E-state index contributed by atoms with van der Waals surface area (Å²) in [5, 5.41) is 10.8. The predicted molar refractivity (Wildman–Crippen MR) is 87.0 cm³/mol. The number of hydrogen-bond donors (Lipinski definition) is 1. The molecule has 0 radical (unpaired) electrons. The van der Waals surface area contributed by atoms with Crippen molar-refractivity contribution in [1.29, 1.82) is 0 Å². The van der Waals surface area contributed by atoms with Crippen LogP contribution in [0.1, 0.15) is 85.5 Å². The van der Waals surface area contributed by atoms with Gasteiger partial charge >= 0.3 is 0 Å². The molecular weight excluding hydrogens is 256 g/mol. The van der Waals surface area contributed by atoms with Crippen LogP contribution in [0.15, 0.2) is 0 Å². The minimum atomic E-state index is -0.376. The summed E-state index contributed by atoms with van der Waals surface area (Å²) < 4.78 is 0. The molecule has 120 valence electrons. The highest BCUT2D eigenvalue weighted by Crippen LogP contribution is 2.75. The molecule has 0 saturated heterocycles. The van der Waals surface area contributed by atoms with Crippen molar-refractivity contribution in [2.24, 2.45) is 34.0 Å². The lowest BCUT2D eigenvalue weighted by Gasteiger charge is -2.65. The highest BCUT2D eigenvalue weighted by atomic mass is 16.3. The number of rotatable bonds is 0. The zero-order valence-corrected chi connectivity index (χ0v) is 14.5. The van der Waals surface area contributed by atoms with Crippen molar-refractivity contribution in [1.82, 2.24) is 0 Å². The minimum absolute atomic E-state index is 0.376. The molecule has 0 aromatic heterocycles. The second-order valence-corrected chi connectivity index (χ2v) is 10.2. The van der Waals surface area contributed by atoms with E-state index in [4.69, 9.17) is 0 Å². The van der Waals surface area contributed by atoms with Crippen LogP contribution in [0.5, 0.6) is 0 Å². The molecule has 1 N–H and O–H groups in total. The van der Waals surface area contributed by atoms with Crippen molar-refractivity contribution in [3.8, 4) is 0 Å². The number of fused-ring (bicyclic) bond motifs is 2. The van der Waals surface area contributed by atoms with Gasteiger partial charge in [0.05, 0.1) is 5.60 Å². The second-order valence-electron chi connectivity index (χ2n) is 10.2. The third kappa shape index (κ3) is 1.68. The fourth-order valence-electron chi connectivity index (χ4n) is 7.89. The monoisotopic (exact) mass is 290 g/mol. The van der Waals surface area contributed by atoms with E-state index in [0.29, 0.717) is 22.2 Å². The zero-order valence-electron chi connectivity index (χ0n) is 14.5. The van der Waals surface area contributed by atoms with E-state index in [1.165, 1.54) is 51.4 Å². The fourth-order valence-corrected chi connectivity index (χ4v) is 7.89. The summed E-state index contributed by atoms with van der Waals surface area (Å²) >= 11 is 0. The van der Waals surface area contributed by atoms with Crippen LogP contribution in [-0.4, -0.2) is 10.7 Å². The van der Waals surface area contributed by atoms with Crippen molar-refractivity contribution in [3.63, 3.8) is 0 Å². The molecule has 0 aromatic rings. The smallest absolute Gasteiger partial charge is 0.0648 e. The lowest BCUT2D eigenvalue weighted by atomic mass is 9.40. The number of aliphatic hydroxyl groups is 1. The van der Waals surface area contributed by atoms with Crippen LogP contribution in [0, 0.1) is 34.0 Å². The molecule has 2 bridgehead atoms. The predicted octanol–water partition coefficient (Wildman–Crippen LogP) is 5.17. The standard InChI is InChI=1S/C20H34O/c1-17(2)8-5-9-18(3)16(17)7-6-14-12-15-13-20(14,18)11-10-19(15,4)21/h14-16,21H,5-13H2,1-4H3/t14-,15-,16-,18-,19+,20-/m0/s1. The molecule has 0 amide bonds. The van der Waals surface area contributed by atoms with Gasteiger partial charge in [0.15, 0.2) is 0 Å². The summed E-state index contributed by atoms with van der Waals surface area (Å²) in [6.45, 7) is 9.86. The first-order valence-corrected chi connectivity index (χ1v) is 9.44. The van der Waals surface area contributed by atoms with Gasteiger partial charge in [-0.2, -0.15) is 0 Å². The Morgan fingerprint density at radius 1 is 0.857 bits per heavy atom. The molecule has 4 saturated carbocycles. The molecule has 0 aliphatic heterocycles. The normalized spacial score (nSPS) is 58.4. The summed E-state index contributed by atoms with van der Waals surface area (Å²) in [4.78, 5) is 0.